The van der Waals surface area contributed by atoms with Crippen molar-refractivity contribution in [2.24, 2.45) is 5.41 Å². The Kier molecular flexibility index (Phi) is 5.09. The number of hydrogen-bond acceptors (Lipinski definition) is 4. The molecule has 0 unspecified atom stereocenters. The van der Waals surface area contributed by atoms with Gasteiger partial charge in [-0.1, -0.05) is 0 Å². The van der Waals surface area contributed by atoms with Gasteiger partial charge in [0.05, 0.1) is 6.61 Å². The standard InChI is InChI=1S/C15H22N2O3/c1-20-10-6-15(12-18)5-2-9-17(11-15)14(19)13-3-7-16-8-4-13/h3-4,7-8,18H,2,5-6,9-12H2,1H3/t15-/m1/s1. The van der Waals surface area contributed by atoms with Gasteiger partial charge in [0.15, 0.2) is 0 Å². The van der Waals surface area contributed by atoms with Crippen LogP contribution in [-0.2, 0) is 4.74 Å². The molecule has 1 aliphatic heterocycles. The van der Waals surface area contributed by atoms with E-state index in [0.717, 1.165) is 25.8 Å². The number of methoxy groups -OCH3 is 1. The number of aliphatic hydroxyl groups excluding tert-OH is 1. The Morgan fingerprint density at radius 1 is 1.50 bits per heavy atom. The summed E-state index contributed by atoms with van der Waals surface area (Å²) in [5.74, 6) is 0.0161. The molecule has 20 heavy (non-hydrogen) atoms. The van der Waals surface area contributed by atoms with Crippen molar-refractivity contribution in [3.63, 3.8) is 0 Å². The van der Waals surface area contributed by atoms with Crippen molar-refractivity contribution >= 4 is 5.91 Å². The lowest BCUT2D eigenvalue weighted by Crippen LogP contribution is -2.48. The van der Waals surface area contributed by atoms with Gasteiger partial charge < -0.3 is 14.7 Å². The fourth-order valence-corrected chi connectivity index (χ4v) is 2.79. The maximum Gasteiger partial charge on any atom is 0.253 e. The molecule has 0 radical (unpaired) electrons. The molecule has 0 bridgehead atoms. The number of carbonyl (C=O) groups excluding carboxylic acids is 1. The Morgan fingerprint density at radius 3 is 2.90 bits per heavy atom. The van der Waals surface area contributed by atoms with Gasteiger partial charge in [0, 0.05) is 50.2 Å². The van der Waals surface area contributed by atoms with Gasteiger partial charge in [0.2, 0.25) is 0 Å². The average molecular weight is 278 g/mol. The molecule has 0 saturated carbocycles. The number of amides is 1. The number of rotatable bonds is 5. The minimum atomic E-state index is -0.225. The summed E-state index contributed by atoms with van der Waals surface area (Å²) in [7, 11) is 1.66. The van der Waals surface area contributed by atoms with Crippen LogP contribution in [0.25, 0.3) is 0 Å². The van der Waals surface area contributed by atoms with Crippen LogP contribution in [-0.4, -0.2) is 54.3 Å². The molecule has 1 aliphatic rings. The Balaban J connectivity index is 2.07. The van der Waals surface area contributed by atoms with Crippen LogP contribution >= 0.6 is 0 Å². The van der Waals surface area contributed by atoms with Gasteiger partial charge in [-0.2, -0.15) is 0 Å². The summed E-state index contributed by atoms with van der Waals surface area (Å²) in [6.07, 6.45) is 5.89. The molecule has 110 valence electrons. The highest BCUT2D eigenvalue weighted by molar-refractivity contribution is 5.94. The van der Waals surface area contributed by atoms with Gasteiger partial charge in [-0.05, 0) is 31.4 Å². The quantitative estimate of drug-likeness (QED) is 0.882. The molecule has 0 aliphatic carbocycles. The number of piperidine rings is 1. The number of ether oxygens (including phenoxy) is 1. The van der Waals surface area contributed by atoms with Crippen LogP contribution in [0.1, 0.15) is 29.6 Å². The number of aliphatic hydroxyl groups is 1. The second-order valence-corrected chi connectivity index (χ2v) is 5.47. The van der Waals surface area contributed by atoms with Crippen LogP contribution in [0.15, 0.2) is 24.5 Å². The molecular weight excluding hydrogens is 256 g/mol. The van der Waals surface area contributed by atoms with E-state index in [1.165, 1.54) is 0 Å². The lowest BCUT2D eigenvalue weighted by atomic mass is 9.78. The van der Waals surface area contributed by atoms with E-state index in [0.29, 0.717) is 18.7 Å². The van der Waals surface area contributed by atoms with Crippen molar-refractivity contribution < 1.29 is 14.6 Å². The summed E-state index contributed by atoms with van der Waals surface area (Å²) in [6, 6.07) is 3.46. The van der Waals surface area contributed by atoms with E-state index in [4.69, 9.17) is 4.74 Å². The summed E-state index contributed by atoms with van der Waals surface area (Å²) in [5, 5.41) is 9.73. The number of hydrogen-bond donors (Lipinski definition) is 1. The highest BCUT2D eigenvalue weighted by atomic mass is 16.5. The van der Waals surface area contributed by atoms with Gasteiger partial charge in [-0.25, -0.2) is 0 Å². The van der Waals surface area contributed by atoms with E-state index in [9.17, 15) is 9.90 Å². The van der Waals surface area contributed by atoms with E-state index in [-0.39, 0.29) is 17.9 Å². The van der Waals surface area contributed by atoms with Crippen LogP contribution in [0.2, 0.25) is 0 Å². The Labute approximate surface area is 119 Å². The molecule has 1 amide bonds. The lowest BCUT2D eigenvalue weighted by Gasteiger charge is -2.41. The highest BCUT2D eigenvalue weighted by Crippen LogP contribution is 2.33. The van der Waals surface area contributed by atoms with E-state index in [2.05, 4.69) is 4.98 Å². The van der Waals surface area contributed by atoms with Crippen molar-refractivity contribution in [2.75, 3.05) is 33.4 Å². The van der Waals surface area contributed by atoms with Gasteiger partial charge in [0.25, 0.3) is 5.91 Å². The summed E-state index contributed by atoms with van der Waals surface area (Å²) in [5.41, 5.74) is 0.428. The van der Waals surface area contributed by atoms with E-state index in [1.807, 2.05) is 4.90 Å². The first-order chi connectivity index (χ1) is 9.71. The molecule has 1 saturated heterocycles. The van der Waals surface area contributed by atoms with Crippen molar-refractivity contribution in [1.82, 2.24) is 9.88 Å². The summed E-state index contributed by atoms with van der Waals surface area (Å²) in [4.78, 5) is 18.2. The predicted molar refractivity (Wildman–Crippen MR) is 75.4 cm³/mol. The molecule has 1 aromatic rings. The van der Waals surface area contributed by atoms with E-state index in [1.54, 1.807) is 31.6 Å². The van der Waals surface area contributed by atoms with E-state index >= 15 is 0 Å². The average Bonchev–Trinajstić information content (AvgIpc) is 2.53. The maximum atomic E-state index is 12.5. The van der Waals surface area contributed by atoms with Gasteiger partial charge in [-0.3, -0.25) is 9.78 Å². The highest BCUT2D eigenvalue weighted by Gasteiger charge is 2.36. The monoisotopic (exact) mass is 278 g/mol. The van der Waals surface area contributed by atoms with Crippen LogP contribution in [0.3, 0.4) is 0 Å². The Bertz CT molecular complexity index is 438. The zero-order valence-electron chi connectivity index (χ0n) is 11.9. The first kappa shape index (κ1) is 14.9. The molecular formula is C15H22N2O3. The third kappa shape index (κ3) is 3.35. The first-order valence-corrected chi connectivity index (χ1v) is 7.00. The Hall–Kier alpha value is -1.46. The van der Waals surface area contributed by atoms with Crippen LogP contribution in [0.4, 0.5) is 0 Å². The van der Waals surface area contributed by atoms with Crippen LogP contribution in [0.5, 0.6) is 0 Å². The van der Waals surface area contributed by atoms with Crippen LogP contribution in [0, 0.1) is 5.41 Å². The topological polar surface area (TPSA) is 62.7 Å². The van der Waals surface area contributed by atoms with Gasteiger partial charge in [0.1, 0.15) is 0 Å². The largest absolute Gasteiger partial charge is 0.396 e. The summed E-state index contributed by atoms with van der Waals surface area (Å²) in [6.45, 7) is 2.04. The molecule has 1 fully saturated rings. The van der Waals surface area contributed by atoms with Gasteiger partial charge >= 0.3 is 0 Å². The molecule has 0 spiro atoms. The van der Waals surface area contributed by atoms with Crippen molar-refractivity contribution in [3.05, 3.63) is 30.1 Å². The molecule has 1 atom stereocenters. The molecule has 1 N–H and O–H groups in total. The lowest BCUT2D eigenvalue weighted by molar-refractivity contribution is 0.00898. The molecule has 5 heteroatoms. The minimum absolute atomic E-state index is 0.0161. The second kappa shape index (κ2) is 6.81. The van der Waals surface area contributed by atoms with Crippen molar-refractivity contribution in [2.45, 2.75) is 19.3 Å². The third-order valence-corrected chi connectivity index (χ3v) is 4.05. The normalized spacial score (nSPS) is 22.8. The molecule has 2 heterocycles. The van der Waals surface area contributed by atoms with Crippen LogP contribution < -0.4 is 0 Å². The number of pyridine rings is 1. The zero-order chi connectivity index (χ0) is 14.4. The number of aromatic nitrogens is 1. The van der Waals surface area contributed by atoms with Gasteiger partial charge in [-0.15, -0.1) is 0 Å². The maximum absolute atomic E-state index is 12.5. The van der Waals surface area contributed by atoms with Crippen molar-refractivity contribution in [1.29, 1.82) is 0 Å². The SMILES string of the molecule is COCC[C@]1(CO)CCCN(C(=O)c2ccncc2)C1. The number of nitrogens with zero attached hydrogens (tertiary/aromatic N) is 2. The van der Waals surface area contributed by atoms with E-state index < -0.39 is 0 Å². The molecule has 2 rings (SSSR count). The Morgan fingerprint density at radius 2 is 2.25 bits per heavy atom. The molecule has 5 nitrogen and oxygen atoms in total. The first-order valence-electron chi connectivity index (χ1n) is 7.00. The fraction of sp³-hybridized carbons (Fsp3) is 0.600. The summed E-state index contributed by atoms with van der Waals surface area (Å²) < 4.78 is 5.13. The summed E-state index contributed by atoms with van der Waals surface area (Å²) >= 11 is 0. The third-order valence-electron chi connectivity index (χ3n) is 4.05. The smallest absolute Gasteiger partial charge is 0.253 e. The second-order valence-electron chi connectivity index (χ2n) is 5.47. The number of carbonyl (C=O) groups is 1. The fourth-order valence-electron chi connectivity index (χ4n) is 2.79. The van der Waals surface area contributed by atoms with Crippen molar-refractivity contribution in [3.8, 4) is 0 Å². The molecule has 0 aromatic carbocycles. The molecule has 1 aromatic heterocycles. The zero-order valence-corrected chi connectivity index (χ0v) is 11.9. The minimum Gasteiger partial charge on any atom is -0.396 e. The number of likely N-dealkylation sites (tertiary alicyclic amines) is 1. The predicted octanol–water partition coefficient (Wildman–Crippen LogP) is 1.33.